The van der Waals surface area contributed by atoms with Crippen LogP contribution in [0.5, 0.6) is 0 Å². The van der Waals surface area contributed by atoms with Crippen LogP contribution in [0.25, 0.3) is 0 Å². The molecule has 0 amide bonds. The lowest BCUT2D eigenvalue weighted by atomic mass is 10.2. The van der Waals surface area contributed by atoms with Crippen LogP contribution in [0.3, 0.4) is 0 Å². The van der Waals surface area contributed by atoms with E-state index in [0.717, 1.165) is 11.3 Å². The summed E-state index contributed by atoms with van der Waals surface area (Å²) in [6.45, 7) is 2.73. The highest BCUT2D eigenvalue weighted by Crippen LogP contribution is 2.16. The molecule has 0 aromatic carbocycles. The number of hydrogen-bond donors (Lipinski definition) is 2. The van der Waals surface area contributed by atoms with Crippen molar-refractivity contribution >= 4 is 29.1 Å². The van der Waals surface area contributed by atoms with Gasteiger partial charge in [0.2, 0.25) is 0 Å². The quantitative estimate of drug-likeness (QED) is 0.807. The van der Waals surface area contributed by atoms with Gasteiger partial charge in [-0.25, -0.2) is 4.79 Å². The van der Waals surface area contributed by atoms with Gasteiger partial charge >= 0.3 is 5.97 Å². The summed E-state index contributed by atoms with van der Waals surface area (Å²) in [4.78, 5) is 11.3. The molecule has 1 aromatic heterocycles. The maximum Gasteiger partial charge on any atom is 0.346 e. The van der Waals surface area contributed by atoms with E-state index < -0.39 is 5.97 Å². The molecule has 3 nitrogen and oxygen atoms in total. The van der Waals surface area contributed by atoms with Crippen LogP contribution in [-0.2, 0) is 6.54 Å². The molecule has 1 aromatic rings. The van der Waals surface area contributed by atoms with Gasteiger partial charge in [-0.05, 0) is 30.2 Å². The third-order valence-electron chi connectivity index (χ3n) is 2.00. The first-order chi connectivity index (χ1) is 7.15. The minimum atomic E-state index is -0.834. The van der Waals surface area contributed by atoms with Gasteiger partial charge in [0.05, 0.1) is 0 Å². The van der Waals surface area contributed by atoms with E-state index in [1.54, 1.807) is 11.8 Å². The average Bonchev–Trinajstić information content (AvgIpc) is 2.63. The zero-order valence-electron chi connectivity index (χ0n) is 8.82. The van der Waals surface area contributed by atoms with Gasteiger partial charge in [0.25, 0.3) is 0 Å². The molecule has 1 rings (SSSR count). The molecule has 0 aliphatic carbocycles. The topological polar surface area (TPSA) is 49.3 Å². The van der Waals surface area contributed by atoms with E-state index in [2.05, 4.69) is 18.5 Å². The number of rotatable bonds is 6. The second-order valence-electron chi connectivity index (χ2n) is 3.32. The van der Waals surface area contributed by atoms with Crippen LogP contribution in [0, 0.1) is 0 Å². The highest BCUT2D eigenvalue weighted by Gasteiger charge is 2.11. The molecule has 1 heterocycles. The van der Waals surface area contributed by atoms with E-state index in [4.69, 9.17) is 5.11 Å². The van der Waals surface area contributed by atoms with Gasteiger partial charge in [0.1, 0.15) is 4.88 Å². The lowest BCUT2D eigenvalue weighted by Crippen LogP contribution is -2.27. The van der Waals surface area contributed by atoms with Crippen LogP contribution >= 0.6 is 23.1 Å². The second kappa shape index (κ2) is 6.15. The van der Waals surface area contributed by atoms with Crippen molar-refractivity contribution in [3.05, 3.63) is 21.9 Å². The van der Waals surface area contributed by atoms with Gasteiger partial charge in [-0.3, -0.25) is 0 Å². The predicted molar refractivity (Wildman–Crippen MR) is 66.0 cm³/mol. The Morgan fingerprint density at radius 1 is 1.73 bits per heavy atom. The van der Waals surface area contributed by atoms with E-state index in [9.17, 15) is 4.79 Å². The number of carboxylic acids is 1. The Hall–Kier alpha value is -0.520. The molecule has 0 saturated carbocycles. The maximum atomic E-state index is 10.8. The minimum absolute atomic E-state index is 0.404. The predicted octanol–water partition coefficient (Wildman–Crippen LogP) is 2.29. The summed E-state index contributed by atoms with van der Waals surface area (Å²) in [6, 6.07) is 2.27. The summed E-state index contributed by atoms with van der Waals surface area (Å²) in [5.41, 5.74) is 0.875. The molecule has 0 aliphatic rings. The van der Waals surface area contributed by atoms with Gasteiger partial charge in [-0.1, -0.05) is 0 Å². The third kappa shape index (κ3) is 3.85. The van der Waals surface area contributed by atoms with Crippen molar-refractivity contribution in [3.63, 3.8) is 0 Å². The number of aromatic carboxylic acids is 1. The smallest absolute Gasteiger partial charge is 0.346 e. The van der Waals surface area contributed by atoms with Gasteiger partial charge in [0, 0.05) is 18.3 Å². The molecule has 1 unspecified atom stereocenters. The number of thioether (sulfide) groups is 1. The molecule has 0 radical (unpaired) electrons. The molecule has 0 spiro atoms. The Kier molecular flexibility index (Phi) is 5.14. The Labute approximate surface area is 97.9 Å². The molecule has 0 aliphatic heterocycles. The number of carbonyl (C=O) groups is 1. The van der Waals surface area contributed by atoms with Crippen molar-refractivity contribution in [1.82, 2.24) is 5.32 Å². The Bertz CT molecular complexity index is 325. The molecule has 0 saturated heterocycles. The first-order valence-electron chi connectivity index (χ1n) is 4.67. The van der Waals surface area contributed by atoms with Crippen molar-refractivity contribution < 1.29 is 9.90 Å². The average molecular weight is 245 g/mol. The summed E-state index contributed by atoms with van der Waals surface area (Å²) in [5.74, 6) is 0.200. The van der Waals surface area contributed by atoms with E-state index in [1.807, 2.05) is 11.4 Å². The molecular weight excluding hydrogens is 230 g/mol. The molecule has 84 valence electrons. The third-order valence-corrected chi connectivity index (χ3v) is 3.78. The summed E-state index contributed by atoms with van der Waals surface area (Å²) in [5, 5.41) is 14.0. The van der Waals surface area contributed by atoms with E-state index >= 15 is 0 Å². The number of hydrogen-bond acceptors (Lipinski definition) is 4. The number of nitrogens with one attached hydrogen (secondary N) is 1. The Morgan fingerprint density at radius 2 is 2.47 bits per heavy atom. The van der Waals surface area contributed by atoms with Crippen LogP contribution in [-0.4, -0.2) is 29.1 Å². The molecule has 0 bridgehead atoms. The summed E-state index contributed by atoms with van der Waals surface area (Å²) in [7, 11) is 0. The normalized spacial score (nSPS) is 12.7. The minimum Gasteiger partial charge on any atom is -0.477 e. The second-order valence-corrected chi connectivity index (χ2v) is 5.14. The van der Waals surface area contributed by atoms with E-state index in [1.165, 1.54) is 11.3 Å². The summed E-state index contributed by atoms with van der Waals surface area (Å²) < 4.78 is 0. The summed E-state index contributed by atoms with van der Waals surface area (Å²) >= 11 is 3.06. The van der Waals surface area contributed by atoms with Crippen molar-refractivity contribution in [3.8, 4) is 0 Å². The molecule has 1 atom stereocenters. The van der Waals surface area contributed by atoms with Gasteiger partial charge in [-0.15, -0.1) is 11.3 Å². The Balaban J connectivity index is 2.50. The van der Waals surface area contributed by atoms with Crippen molar-refractivity contribution in [2.75, 3.05) is 12.0 Å². The first kappa shape index (κ1) is 12.5. The SMILES string of the molecule is CSCC(C)NCc1ccsc1C(=O)O. The maximum absolute atomic E-state index is 10.8. The van der Waals surface area contributed by atoms with Gasteiger partial charge in [-0.2, -0.15) is 11.8 Å². The number of thiophene rings is 1. The van der Waals surface area contributed by atoms with Crippen molar-refractivity contribution in [2.24, 2.45) is 0 Å². The van der Waals surface area contributed by atoms with Gasteiger partial charge < -0.3 is 10.4 Å². The fourth-order valence-electron chi connectivity index (χ4n) is 1.26. The van der Waals surface area contributed by atoms with Crippen LogP contribution in [0.15, 0.2) is 11.4 Å². The van der Waals surface area contributed by atoms with E-state index in [-0.39, 0.29) is 0 Å². The standard InChI is InChI=1S/C10H15NO2S2/c1-7(6-14-2)11-5-8-3-4-15-9(8)10(12)13/h3-4,7,11H,5-6H2,1-2H3,(H,12,13). The molecule has 2 N–H and O–H groups in total. The van der Waals surface area contributed by atoms with Gasteiger partial charge in [0.15, 0.2) is 0 Å². The molecule has 15 heavy (non-hydrogen) atoms. The molecular formula is C10H15NO2S2. The fraction of sp³-hybridized carbons (Fsp3) is 0.500. The van der Waals surface area contributed by atoms with Crippen LogP contribution < -0.4 is 5.32 Å². The highest BCUT2D eigenvalue weighted by molar-refractivity contribution is 7.98. The van der Waals surface area contributed by atoms with Crippen LogP contribution in [0.1, 0.15) is 22.2 Å². The molecule has 5 heteroatoms. The van der Waals surface area contributed by atoms with Crippen molar-refractivity contribution in [2.45, 2.75) is 19.5 Å². The zero-order chi connectivity index (χ0) is 11.3. The Morgan fingerprint density at radius 3 is 3.07 bits per heavy atom. The van der Waals surface area contributed by atoms with E-state index in [0.29, 0.717) is 17.5 Å². The summed E-state index contributed by atoms with van der Waals surface area (Å²) in [6.07, 6.45) is 2.06. The number of carboxylic acid groups (broad SMARTS) is 1. The molecule has 0 fully saturated rings. The van der Waals surface area contributed by atoms with Crippen LogP contribution in [0.2, 0.25) is 0 Å². The zero-order valence-corrected chi connectivity index (χ0v) is 10.5. The fourth-order valence-corrected chi connectivity index (χ4v) is 2.63. The lowest BCUT2D eigenvalue weighted by Gasteiger charge is -2.11. The van der Waals surface area contributed by atoms with Crippen LogP contribution in [0.4, 0.5) is 0 Å². The van der Waals surface area contributed by atoms with Crippen molar-refractivity contribution in [1.29, 1.82) is 0 Å². The lowest BCUT2D eigenvalue weighted by molar-refractivity contribution is 0.0701. The highest BCUT2D eigenvalue weighted by atomic mass is 32.2. The largest absolute Gasteiger partial charge is 0.477 e. The monoisotopic (exact) mass is 245 g/mol. The first-order valence-corrected chi connectivity index (χ1v) is 6.94.